The van der Waals surface area contributed by atoms with Gasteiger partial charge in [-0.2, -0.15) is 0 Å². The number of aromatic nitrogens is 2. The van der Waals surface area contributed by atoms with Gasteiger partial charge in [0.15, 0.2) is 24.8 Å². The zero-order valence-electron chi connectivity index (χ0n) is 28.6. The van der Waals surface area contributed by atoms with Crippen molar-refractivity contribution in [1.82, 2.24) is 0 Å². The zero-order chi connectivity index (χ0) is 33.2. The molecule has 2 aromatic rings. The van der Waals surface area contributed by atoms with E-state index in [1.807, 2.05) is 0 Å². The van der Waals surface area contributed by atoms with E-state index in [-0.39, 0.29) is 0 Å². The second-order valence-corrected chi connectivity index (χ2v) is 12.3. The van der Waals surface area contributed by atoms with Crippen LogP contribution in [0.5, 0.6) is 0 Å². The lowest BCUT2D eigenvalue weighted by Gasteiger charge is -2.03. The van der Waals surface area contributed by atoms with Crippen molar-refractivity contribution in [3.8, 4) is 0 Å². The van der Waals surface area contributed by atoms with E-state index in [9.17, 15) is 0 Å². The van der Waals surface area contributed by atoms with E-state index in [1.165, 1.54) is 165 Å². The van der Waals surface area contributed by atoms with Crippen LogP contribution in [0.4, 0.5) is 0 Å². The summed E-state index contributed by atoms with van der Waals surface area (Å²) in [6.07, 6.45) is 48.0. The van der Waals surface area contributed by atoms with Crippen LogP contribution in [0.15, 0.2) is 73.4 Å². The van der Waals surface area contributed by atoms with Crippen molar-refractivity contribution in [2.75, 3.05) is 0 Å². The highest BCUT2D eigenvalue weighted by molar-refractivity contribution is 5.29. The van der Waals surface area contributed by atoms with Crippen LogP contribution in [0.25, 0.3) is 0 Å². The average molecular weight is 635 g/mol. The zero-order valence-corrected chi connectivity index (χ0v) is 28.6. The summed E-state index contributed by atoms with van der Waals surface area (Å²) in [6.45, 7) is 1.33. The third-order valence-corrected chi connectivity index (χ3v) is 8.42. The summed E-state index contributed by atoms with van der Waals surface area (Å²) in [5, 5.41) is 16.5. The van der Waals surface area contributed by atoms with Crippen molar-refractivity contribution in [2.45, 2.75) is 154 Å². The smallest absolute Gasteiger partial charge is 0.171 e. The topological polar surface area (TPSA) is 88.0 Å². The molecule has 0 unspecified atom stereocenters. The number of rotatable bonds is 0. The Morgan fingerprint density at radius 3 is 1.11 bits per heavy atom. The van der Waals surface area contributed by atoms with Crippen LogP contribution in [0.3, 0.4) is 0 Å². The first-order chi connectivity index (χ1) is 22.7. The molecular formula is C40H62N2O4. The summed E-state index contributed by atoms with van der Waals surface area (Å²) in [5.41, 5.74) is 3.02. The Morgan fingerprint density at radius 1 is 0.457 bits per heavy atom. The number of hydrogen-bond donors (Lipinski definition) is 0. The lowest BCUT2D eigenvalue weighted by atomic mass is 10.1. The molecular weight excluding hydrogens is 572 g/mol. The molecule has 1 aliphatic rings. The Morgan fingerprint density at radius 2 is 0.761 bits per heavy atom. The first-order valence-corrected chi connectivity index (χ1v) is 18.1. The minimum atomic E-state index is -0.500. The Balaban J connectivity index is 0.00000163. The second-order valence-electron chi connectivity index (χ2n) is 12.3. The van der Waals surface area contributed by atoms with Gasteiger partial charge in [-0.3, -0.25) is 0 Å². The number of allylic oxidation sites excluding steroid dienone is 4. The van der Waals surface area contributed by atoms with E-state index in [0.717, 1.165) is 0 Å². The van der Waals surface area contributed by atoms with Crippen LogP contribution in [0.1, 0.15) is 140 Å². The molecule has 0 saturated carbocycles. The quantitative estimate of drug-likeness (QED) is 0.183. The molecule has 0 radical (unpaired) electrons. The highest BCUT2D eigenvalue weighted by atomic mass is 16.3. The van der Waals surface area contributed by atoms with Crippen molar-refractivity contribution in [3.63, 3.8) is 0 Å². The van der Waals surface area contributed by atoms with Crippen molar-refractivity contribution in [1.29, 1.82) is 0 Å². The maximum absolute atomic E-state index is 8.25. The molecule has 0 aromatic carbocycles. The van der Waals surface area contributed by atoms with Gasteiger partial charge in [0, 0.05) is 49.0 Å². The molecule has 3 rings (SSSR count). The number of carbonyl (C=O) groups excluding carboxylic acids is 2. The first kappa shape index (κ1) is 40.7. The average Bonchev–Trinajstić information content (AvgIpc) is 3.06. The fourth-order valence-corrected chi connectivity index (χ4v) is 5.91. The van der Waals surface area contributed by atoms with Crippen molar-refractivity contribution in [2.24, 2.45) is 0 Å². The lowest BCUT2D eigenvalue weighted by molar-refractivity contribution is -0.697. The molecule has 1 aliphatic heterocycles. The number of fused-ring (bicyclic) bond motifs is 4. The van der Waals surface area contributed by atoms with Crippen molar-refractivity contribution in [3.05, 3.63) is 84.5 Å². The predicted octanol–water partition coefficient (Wildman–Crippen LogP) is 6.71. The second kappa shape index (κ2) is 31.7. The SMILES string of the molecule is C1=C\CCCCCC[n+]2cccc(c2)CCCCCC/C=C\CCCCCC[n+]2cccc(c2)CCCCCC/1.O=C[O-].O=C[O-]. The van der Waals surface area contributed by atoms with Gasteiger partial charge in [0.25, 0.3) is 0 Å². The van der Waals surface area contributed by atoms with Gasteiger partial charge in [0.1, 0.15) is 13.1 Å². The Bertz CT molecular complexity index is 903. The molecule has 0 N–H and O–H groups in total. The highest BCUT2D eigenvalue weighted by Gasteiger charge is 2.04. The summed E-state index contributed by atoms with van der Waals surface area (Å²) in [4.78, 5) is 16.5. The predicted molar refractivity (Wildman–Crippen MR) is 183 cm³/mol. The molecule has 6 nitrogen and oxygen atoms in total. The third kappa shape index (κ3) is 25.0. The van der Waals surface area contributed by atoms with Crippen LogP contribution in [-0.2, 0) is 35.5 Å². The van der Waals surface area contributed by atoms with Gasteiger partial charge < -0.3 is 19.8 Å². The standard InChI is InChI=1S/C38H60N2.2CH2O2/c1-3-7-11-15-19-23-31-39-33-26-30-38(36-39)28-22-18-14-10-6-2-4-8-12-16-20-24-32-40-34-25-29-37(35-40)27-21-17-13-9-5-1;2*2-1-3/h1-4,25-26,29-30,33-36H,5-24,27-28,31-32H2;2*1H,(H,2,3)/q+2;;/p-2/b3-1-,4-2-;;. The van der Waals surface area contributed by atoms with E-state index in [1.54, 1.807) is 0 Å². The Kier molecular flexibility index (Phi) is 28.1. The van der Waals surface area contributed by atoms with Crippen LogP contribution >= 0.6 is 0 Å². The van der Waals surface area contributed by atoms with Crippen molar-refractivity contribution < 1.29 is 28.9 Å². The lowest BCUT2D eigenvalue weighted by Crippen LogP contribution is -2.33. The summed E-state index contributed by atoms with van der Waals surface area (Å²) >= 11 is 0. The van der Waals surface area contributed by atoms with Crippen LogP contribution in [-0.4, -0.2) is 12.9 Å². The van der Waals surface area contributed by atoms with Gasteiger partial charge in [-0.25, -0.2) is 9.13 Å². The monoisotopic (exact) mass is 634 g/mol. The number of carbonyl (C=O) groups is 2. The molecule has 4 bridgehead atoms. The van der Waals surface area contributed by atoms with Gasteiger partial charge in [0.2, 0.25) is 0 Å². The summed E-state index contributed by atoms with van der Waals surface area (Å²) < 4.78 is 4.84. The van der Waals surface area contributed by atoms with E-state index in [4.69, 9.17) is 19.8 Å². The van der Waals surface area contributed by atoms with Gasteiger partial charge in [-0.1, -0.05) is 62.8 Å². The van der Waals surface area contributed by atoms with Crippen LogP contribution in [0.2, 0.25) is 0 Å². The largest absolute Gasteiger partial charge is 0.554 e. The van der Waals surface area contributed by atoms with Crippen molar-refractivity contribution >= 4 is 12.9 Å². The summed E-state index contributed by atoms with van der Waals surface area (Å²) in [5.74, 6) is 0. The summed E-state index contributed by atoms with van der Waals surface area (Å²) in [6, 6.07) is 9.13. The van der Waals surface area contributed by atoms with E-state index >= 15 is 0 Å². The first-order valence-electron chi connectivity index (χ1n) is 18.1. The normalized spacial score (nSPS) is 18.8. The fourth-order valence-electron chi connectivity index (χ4n) is 5.91. The molecule has 0 spiro atoms. The maximum Gasteiger partial charge on any atom is 0.171 e. The molecule has 46 heavy (non-hydrogen) atoms. The summed E-state index contributed by atoms with van der Waals surface area (Å²) in [7, 11) is 0. The minimum Gasteiger partial charge on any atom is -0.554 e. The van der Waals surface area contributed by atoms with E-state index < -0.39 is 12.9 Å². The van der Waals surface area contributed by atoms with Gasteiger partial charge in [-0.15, -0.1) is 0 Å². The molecule has 256 valence electrons. The van der Waals surface area contributed by atoms with Crippen LogP contribution < -0.4 is 19.3 Å². The molecule has 0 fully saturated rings. The molecule has 0 aliphatic carbocycles. The maximum atomic E-state index is 8.25. The van der Waals surface area contributed by atoms with Crippen LogP contribution in [0, 0.1) is 0 Å². The number of pyridine rings is 2. The van der Waals surface area contributed by atoms with Gasteiger partial charge >= 0.3 is 0 Å². The highest BCUT2D eigenvalue weighted by Crippen LogP contribution is 2.12. The fraction of sp³-hybridized carbons (Fsp3) is 0.600. The van der Waals surface area contributed by atoms with E-state index in [2.05, 4.69) is 82.5 Å². The Hall–Kier alpha value is -3.28. The van der Waals surface area contributed by atoms with Gasteiger partial charge in [-0.05, 0) is 102 Å². The third-order valence-electron chi connectivity index (χ3n) is 8.42. The minimum absolute atomic E-state index is 0.500. The number of carboxylic acid groups (broad SMARTS) is 2. The molecule has 2 aromatic heterocycles. The molecule has 0 amide bonds. The molecule has 0 atom stereocenters. The number of nitrogens with zero attached hydrogens (tertiary/aromatic N) is 2. The van der Waals surface area contributed by atoms with Gasteiger partial charge in [0.05, 0.1) is 0 Å². The molecule has 0 saturated heterocycles. The molecule has 3 heterocycles. The number of aryl methyl sites for hydroxylation is 4. The number of hydrogen-bond acceptors (Lipinski definition) is 4. The Labute approximate surface area is 280 Å². The van der Waals surface area contributed by atoms with E-state index in [0.29, 0.717) is 0 Å². The molecule has 6 heteroatoms.